The van der Waals surface area contributed by atoms with Gasteiger partial charge in [0.1, 0.15) is 0 Å². The standard InChI is InChI=1S/C21H22N2O4/c1-25-17-6-2-4-15-12-18(27-20(15)17)21(24)23-19(14-7-10-26-11-8-14)16-5-3-9-22-13-16/h2-6,9,12-14,19H,7-8,10-11H2,1H3,(H,23,24). The van der Waals surface area contributed by atoms with E-state index in [0.29, 0.717) is 30.5 Å². The minimum Gasteiger partial charge on any atom is -0.493 e. The first-order valence-electron chi connectivity index (χ1n) is 9.11. The zero-order chi connectivity index (χ0) is 18.6. The lowest BCUT2D eigenvalue weighted by molar-refractivity contribution is 0.0509. The number of hydrogen-bond donors (Lipinski definition) is 1. The van der Waals surface area contributed by atoms with Crippen LogP contribution in [0.1, 0.15) is 35.0 Å². The highest BCUT2D eigenvalue weighted by molar-refractivity contribution is 5.97. The number of benzene rings is 1. The normalized spacial score (nSPS) is 16.2. The molecule has 1 atom stereocenters. The number of nitrogens with zero attached hydrogens (tertiary/aromatic N) is 1. The number of fused-ring (bicyclic) bond motifs is 1. The summed E-state index contributed by atoms with van der Waals surface area (Å²) in [6, 6.07) is 11.1. The molecule has 2 aromatic heterocycles. The third kappa shape index (κ3) is 3.66. The minimum absolute atomic E-state index is 0.134. The van der Waals surface area contributed by atoms with Crippen LogP contribution in [0.5, 0.6) is 5.75 Å². The SMILES string of the molecule is COc1cccc2cc(C(=O)NC(c3cccnc3)C3CCOCC3)oc12. The average Bonchev–Trinajstić information content (AvgIpc) is 3.18. The van der Waals surface area contributed by atoms with E-state index in [0.717, 1.165) is 23.8 Å². The molecule has 1 saturated heterocycles. The first kappa shape index (κ1) is 17.5. The van der Waals surface area contributed by atoms with Gasteiger partial charge in [-0.15, -0.1) is 0 Å². The number of rotatable bonds is 5. The van der Waals surface area contributed by atoms with Gasteiger partial charge in [-0.25, -0.2) is 0 Å². The summed E-state index contributed by atoms with van der Waals surface area (Å²) >= 11 is 0. The van der Waals surface area contributed by atoms with Crippen molar-refractivity contribution in [2.75, 3.05) is 20.3 Å². The van der Waals surface area contributed by atoms with Crippen molar-refractivity contribution >= 4 is 16.9 Å². The zero-order valence-electron chi connectivity index (χ0n) is 15.2. The summed E-state index contributed by atoms with van der Waals surface area (Å²) < 4.78 is 16.6. The summed E-state index contributed by atoms with van der Waals surface area (Å²) in [6.07, 6.45) is 5.33. The molecule has 140 valence electrons. The maximum absolute atomic E-state index is 12.9. The van der Waals surface area contributed by atoms with Gasteiger partial charge in [0, 0.05) is 31.0 Å². The lowest BCUT2D eigenvalue weighted by Crippen LogP contribution is -2.36. The molecule has 27 heavy (non-hydrogen) atoms. The van der Waals surface area contributed by atoms with Crippen LogP contribution < -0.4 is 10.1 Å². The number of pyridine rings is 1. The fraction of sp³-hybridized carbons (Fsp3) is 0.333. The number of carbonyl (C=O) groups excluding carboxylic acids is 1. The number of ether oxygens (including phenoxy) is 2. The van der Waals surface area contributed by atoms with Crippen LogP contribution in [0.3, 0.4) is 0 Å². The number of amides is 1. The number of hydrogen-bond acceptors (Lipinski definition) is 5. The zero-order valence-corrected chi connectivity index (χ0v) is 15.2. The second kappa shape index (κ2) is 7.80. The van der Waals surface area contributed by atoms with Gasteiger partial charge in [-0.2, -0.15) is 0 Å². The molecule has 0 bridgehead atoms. The van der Waals surface area contributed by atoms with E-state index in [1.54, 1.807) is 19.4 Å². The van der Waals surface area contributed by atoms with Crippen LogP contribution in [0.4, 0.5) is 0 Å². The second-order valence-corrected chi connectivity index (χ2v) is 6.68. The Morgan fingerprint density at radius 1 is 1.26 bits per heavy atom. The van der Waals surface area contributed by atoms with Crippen molar-refractivity contribution < 1.29 is 18.7 Å². The molecule has 1 aliphatic rings. The predicted octanol–water partition coefficient (Wildman–Crippen LogP) is 3.73. The van der Waals surface area contributed by atoms with Crippen molar-refractivity contribution in [2.45, 2.75) is 18.9 Å². The van der Waals surface area contributed by atoms with Crippen molar-refractivity contribution in [1.82, 2.24) is 10.3 Å². The van der Waals surface area contributed by atoms with Crippen LogP contribution in [-0.2, 0) is 4.74 Å². The van der Waals surface area contributed by atoms with Crippen molar-refractivity contribution in [3.63, 3.8) is 0 Å². The van der Waals surface area contributed by atoms with Crippen LogP contribution in [-0.4, -0.2) is 31.2 Å². The van der Waals surface area contributed by atoms with Gasteiger partial charge in [-0.3, -0.25) is 9.78 Å². The summed E-state index contributed by atoms with van der Waals surface area (Å²) in [7, 11) is 1.58. The Morgan fingerprint density at radius 3 is 2.85 bits per heavy atom. The Bertz CT molecular complexity index is 916. The molecule has 3 aromatic rings. The number of nitrogens with one attached hydrogen (secondary N) is 1. The van der Waals surface area contributed by atoms with Gasteiger partial charge in [-0.05, 0) is 42.5 Å². The molecule has 1 fully saturated rings. The van der Waals surface area contributed by atoms with Crippen LogP contribution in [0.2, 0.25) is 0 Å². The Kier molecular flexibility index (Phi) is 5.07. The first-order chi connectivity index (χ1) is 13.3. The van der Waals surface area contributed by atoms with E-state index < -0.39 is 0 Å². The van der Waals surface area contributed by atoms with Crippen molar-refractivity contribution in [3.05, 3.63) is 60.1 Å². The number of methoxy groups -OCH3 is 1. The van der Waals surface area contributed by atoms with E-state index in [4.69, 9.17) is 13.9 Å². The highest BCUT2D eigenvalue weighted by atomic mass is 16.5. The summed E-state index contributed by atoms with van der Waals surface area (Å²) in [6.45, 7) is 1.41. The third-order valence-corrected chi connectivity index (χ3v) is 5.02. The lowest BCUT2D eigenvalue weighted by Gasteiger charge is -2.30. The Labute approximate surface area is 157 Å². The third-order valence-electron chi connectivity index (χ3n) is 5.02. The quantitative estimate of drug-likeness (QED) is 0.745. The highest BCUT2D eigenvalue weighted by Gasteiger charge is 2.28. The fourth-order valence-electron chi connectivity index (χ4n) is 3.60. The van der Waals surface area contributed by atoms with Gasteiger partial charge in [0.25, 0.3) is 5.91 Å². The van der Waals surface area contributed by atoms with Crippen molar-refractivity contribution in [2.24, 2.45) is 5.92 Å². The minimum atomic E-state index is -0.242. The largest absolute Gasteiger partial charge is 0.493 e. The molecule has 0 aliphatic carbocycles. The lowest BCUT2D eigenvalue weighted by atomic mass is 9.87. The predicted molar refractivity (Wildman–Crippen MR) is 101 cm³/mol. The summed E-state index contributed by atoms with van der Waals surface area (Å²) in [4.78, 5) is 17.2. The van der Waals surface area contributed by atoms with Gasteiger partial charge >= 0.3 is 0 Å². The average molecular weight is 366 g/mol. The molecular formula is C21H22N2O4. The van der Waals surface area contributed by atoms with Crippen LogP contribution in [0.15, 0.2) is 53.2 Å². The fourth-order valence-corrected chi connectivity index (χ4v) is 3.60. The van der Waals surface area contributed by atoms with E-state index in [9.17, 15) is 4.79 Å². The molecule has 3 heterocycles. The van der Waals surface area contributed by atoms with E-state index in [2.05, 4.69) is 10.3 Å². The molecule has 0 saturated carbocycles. The Balaban J connectivity index is 1.61. The molecule has 1 N–H and O–H groups in total. The van der Waals surface area contributed by atoms with Crippen molar-refractivity contribution in [1.29, 1.82) is 0 Å². The second-order valence-electron chi connectivity index (χ2n) is 6.68. The number of furan rings is 1. The Hall–Kier alpha value is -2.86. The molecule has 1 amide bonds. The van der Waals surface area contributed by atoms with E-state index in [-0.39, 0.29) is 17.7 Å². The number of para-hydroxylation sites is 1. The molecular weight excluding hydrogens is 344 g/mol. The van der Waals surface area contributed by atoms with Gasteiger partial charge in [0.05, 0.1) is 13.2 Å². The molecule has 1 aliphatic heterocycles. The number of carbonyl (C=O) groups is 1. The molecule has 1 unspecified atom stereocenters. The summed E-state index contributed by atoms with van der Waals surface area (Å²) in [5.74, 6) is 0.939. The van der Waals surface area contributed by atoms with Gasteiger partial charge in [0.2, 0.25) is 0 Å². The van der Waals surface area contributed by atoms with Gasteiger partial charge < -0.3 is 19.2 Å². The maximum Gasteiger partial charge on any atom is 0.287 e. The van der Waals surface area contributed by atoms with E-state index >= 15 is 0 Å². The van der Waals surface area contributed by atoms with Crippen LogP contribution >= 0.6 is 0 Å². The highest BCUT2D eigenvalue weighted by Crippen LogP contribution is 2.32. The maximum atomic E-state index is 12.9. The van der Waals surface area contributed by atoms with E-state index in [1.807, 2.05) is 36.5 Å². The van der Waals surface area contributed by atoms with Crippen LogP contribution in [0.25, 0.3) is 11.0 Å². The first-order valence-corrected chi connectivity index (χ1v) is 9.11. The topological polar surface area (TPSA) is 73.6 Å². The molecule has 6 nitrogen and oxygen atoms in total. The molecule has 0 spiro atoms. The summed E-state index contributed by atoms with van der Waals surface area (Å²) in [5, 5.41) is 3.99. The molecule has 0 radical (unpaired) electrons. The smallest absolute Gasteiger partial charge is 0.287 e. The van der Waals surface area contributed by atoms with Gasteiger partial charge in [-0.1, -0.05) is 18.2 Å². The van der Waals surface area contributed by atoms with E-state index in [1.165, 1.54) is 0 Å². The molecule has 1 aromatic carbocycles. The monoisotopic (exact) mass is 366 g/mol. The van der Waals surface area contributed by atoms with Crippen molar-refractivity contribution in [3.8, 4) is 5.75 Å². The molecule has 6 heteroatoms. The number of aromatic nitrogens is 1. The Morgan fingerprint density at radius 2 is 2.11 bits per heavy atom. The molecule has 4 rings (SSSR count). The summed E-state index contributed by atoms with van der Waals surface area (Å²) in [5.41, 5.74) is 1.57. The van der Waals surface area contributed by atoms with Crippen LogP contribution in [0, 0.1) is 5.92 Å². The van der Waals surface area contributed by atoms with Gasteiger partial charge in [0.15, 0.2) is 17.1 Å².